The first-order chi connectivity index (χ1) is 10.1. The Bertz CT molecular complexity index is 797. The Morgan fingerprint density at radius 2 is 2.00 bits per heavy atom. The normalized spacial score (nSPS) is 12.8. The third kappa shape index (κ3) is 2.55. The Balaban J connectivity index is 2.09. The summed E-state index contributed by atoms with van der Waals surface area (Å²) in [5.74, 6) is 0.549. The lowest BCUT2D eigenvalue weighted by atomic mass is 10.0. The summed E-state index contributed by atoms with van der Waals surface area (Å²) in [4.78, 5) is 0. The number of nitrogens with one attached hydrogen (secondary N) is 1. The third-order valence-electron chi connectivity index (χ3n) is 3.60. The maximum Gasteiger partial charge on any atom is 0.152 e. The van der Waals surface area contributed by atoms with Crippen LogP contribution in [0.25, 0.3) is 11.0 Å². The van der Waals surface area contributed by atoms with Crippen molar-refractivity contribution in [1.82, 2.24) is 5.32 Å². The van der Waals surface area contributed by atoms with E-state index in [4.69, 9.17) is 16.0 Å². The van der Waals surface area contributed by atoms with Gasteiger partial charge >= 0.3 is 0 Å². The fourth-order valence-electron chi connectivity index (χ4n) is 2.51. The first-order valence-corrected chi connectivity index (χ1v) is 7.09. The van der Waals surface area contributed by atoms with Crippen LogP contribution in [0.4, 0.5) is 4.39 Å². The zero-order valence-electron chi connectivity index (χ0n) is 11.8. The average Bonchev–Trinajstić information content (AvgIpc) is 2.89. The standard InChI is InChI=1S/C17H15ClFNO/c1-10-8-11(6-7-14(10)19)16(20-2)15-9-12-4-3-5-13(18)17(12)21-15/h3-9,16,20H,1-2H3. The highest BCUT2D eigenvalue weighted by molar-refractivity contribution is 6.34. The molecule has 0 saturated carbocycles. The summed E-state index contributed by atoms with van der Waals surface area (Å²) < 4.78 is 19.3. The summed E-state index contributed by atoms with van der Waals surface area (Å²) in [5, 5.41) is 4.74. The van der Waals surface area contributed by atoms with Crippen LogP contribution < -0.4 is 5.32 Å². The summed E-state index contributed by atoms with van der Waals surface area (Å²) >= 11 is 6.15. The van der Waals surface area contributed by atoms with Gasteiger partial charge in [0.1, 0.15) is 11.6 Å². The molecule has 0 fully saturated rings. The third-order valence-corrected chi connectivity index (χ3v) is 3.90. The predicted molar refractivity (Wildman–Crippen MR) is 83.3 cm³/mol. The number of aryl methyl sites for hydroxylation is 1. The van der Waals surface area contributed by atoms with E-state index >= 15 is 0 Å². The number of furan rings is 1. The molecular weight excluding hydrogens is 289 g/mol. The molecule has 0 aliphatic rings. The molecule has 4 heteroatoms. The van der Waals surface area contributed by atoms with Crippen molar-refractivity contribution in [2.45, 2.75) is 13.0 Å². The van der Waals surface area contributed by atoms with Crippen molar-refractivity contribution in [1.29, 1.82) is 0 Å². The smallest absolute Gasteiger partial charge is 0.152 e. The molecule has 0 spiro atoms. The maximum absolute atomic E-state index is 13.4. The van der Waals surface area contributed by atoms with E-state index in [1.807, 2.05) is 31.3 Å². The molecule has 2 aromatic carbocycles. The van der Waals surface area contributed by atoms with Crippen LogP contribution in [0.5, 0.6) is 0 Å². The number of benzene rings is 2. The van der Waals surface area contributed by atoms with Gasteiger partial charge in [-0.2, -0.15) is 0 Å². The van der Waals surface area contributed by atoms with Gasteiger partial charge in [-0.1, -0.05) is 35.9 Å². The molecule has 0 aliphatic heterocycles. The van der Waals surface area contributed by atoms with E-state index in [0.29, 0.717) is 16.2 Å². The fraction of sp³-hybridized carbons (Fsp3) is 0.176. The van der Waals surface area contributed by atoms with Gasteiger partial charge < -0.3 is 9.73 Å². The molecule has 3 rings (SSSR count). The zero-order valence-corrected chi connectivity index (χ0v) is 12.5. The van der Waals surface area contributed by atoms with Crippen molar-refractivity contribution in [3.8, 4) is 0 Å². The summed E-state index contributed by atoms with van der Waals surface area (Å²) in [6.45, 7) is 1.75. The Labute approximate surface area is 127 Å². The lowest BCUT2D eigenvalue weighted by molar-refractivity contribution is 0.491. The van der Waals surface area contributed by atoms with Crippen LogP contribution in [-0.2, 0) is 0 Å². The van der Waals surface area contributed by atoms with E-state index in [0.717, 1.165) is 16.7 Å². The second-order valence-electron chi connectivity index (χ2n) is 5.04. The lowest BCUT2D eigenvalue weighted by Crippen LogP contribution is -2.17. The van der Waals surface area contributed by atoms with E-state index in [1.54, 1.807) is 19.1 Å². The van der Waals surface area contributed by atoms with E-state index in [2.05, 4.69) is 5.32 Å². The number of hydrogen-bond donors (Lipinski definition) is 1. The fourth-order valence-corrected chi connectivity index (χ4v) is 2.73. The van der Waals surface area contributed by atoms with Crippen molar-refractivity contribution in [3.63, 3.8) is 0 Å². The van der Waals surface area contributed by atoms with E-state index in [9.17, 15) is 4.39 Å². The second kappa shape index (κ2) is 5.51. The molecule has 21 heavy (non-hydrogen) atoms. The van der Waals surface area contributed by atoms with Gasteiger partial charge in [0.15, 0.2) is 5.58 Å². The molecule has 108 valence electrons. The minimum Gasteiger partial charge on any atom is -0.457 e. The molecule has 1 unspecified atom stereocenters. The minimum atomic E-state index is -0.207. The molecule has 1 atom stereocenters. The van der Waals surface area contributed by atoms with E-state index < -0.39 is 0 Å². The maximum atomic E-state index is 13.4. The monoisotopic (exact) mass is 303 g/mol. The van der Waals surface area contributed by atoms with Crippen LogP contribution in [0, 0.1) is 12.7 Å². The highest BCUT2D eigenvalue weighted by atomic mass is 35.5. The average molecular weight is 304 g/mol. The van der Waals surface area contributed by atoms with Crippen molar-refractivity contribution in [2.24, 2.45) is 0 Å². The largest absolute Gasteiger partial charge is 0.457 e. The van der Waals surface area contributed by atoms with Crippen molar-refractivity contribution in [3.05, 3.63) is 70.2 Å². The van der Waals surface area contributed by atoms with Gasteiger partial charge in [-0.25, -0.2) is 4.39 Å². The van der Waals surface area contributed by atoms with Crippen LogP contribution in [0.15, 0.2) is 46.9 Å². The molecule has 1 aromatic heterocycles. The van der Waals surface area contributed by atoms with Crippen molar-refractivity contribution in [2.75, 3.05) is 7.05 Å². The number of para-hydroxylation sites is 1. The Hall–Kier alpha value is -1.84. The molecule has 0 aliphatic carbocycles. The topological polar surface area (TPSA) is 25.2 Å². The lowest BCUT2D eigenvalue weighted by Gasteiger charge is -2.14. The van der Waals surface area contributed by atoms with Gasteiger partial charge in [0, 0.05) is 5.39 Å². The summed E-state index contributed by atoms with van der Waals surface area (Å²) in [7, 11) is 1.85. The highest BCUT2D eigenvalue weighted by Gasteiger charge is 2.18. The van der Waals surface area contributed by atoms with Gasteiger partial charge in [0.25, 0.3) is 0 Å². The molecule has 2 nitrogen and oxygen atoms in total. The molecule has 0 saturated heterocycles. The molecule has 0 radical (unpaired) electrons. The number of fused-ring (bicyclic) bond motifs is 1. The number of hydrogen-bond acceptors (Lipinski definition) is 2. The summed E-state index contributed by atoms with van der Waals surface area (Å²) in [6, 6.07) is 12.5. The Morgan fingerprint density at radius 3 is 2.67 bits per heavy atom. The van der Waals surface area contributed by atoms with Gasteiger partial charge in [-0.3, -0.25) is 0 Å². The van der Waals surface area contributed by atoms with Gasteiger partial charge in [-0.05, 0) is 43.3 Å². The van der Waals surface area contributed by atoms with Crippen LogP contribution in [0.2, 0.25) is 5.02 Å². The number of halogens is 2. The zero-order chi connectivity index (χ0) is 15.0. The SMILES string of the molecule is CNC(c1ccc(F)c(C)c1)c1cc2cccc(Cl)c2o1. The van der Waals surface area contributed by atoms with Crippen LogP contribution in [0.1, 0.15) is 22.9 Å². The van der Waals surface area contributed by atoms with E-state index in [-0.39, 0.29) is 11.9 Å². The first-order valence-electron chi connectivity index (χ1n) is 6.71. The molecule has 0 bridgehead atoms. The van der Waals surface area contributed by atoms with Gasteiger partial charge in [0.05, 0.1) is 11.1 Å². The Kier molecular flexibility index (Phi) is 3.70. The first kappa shape index (κ1) is 14.1. The molecule has 3 aromatic rings. The quantitative estimate of drug-likeness (QED) is 0.749. The molecule has 1 N–H and O–H groups in total. The summed E-state index contributed by atoms with van der Waals surface area (Å²) in [5.41, 5.74) is 2.24. The van der Waals surface area contributed by atoms with Crippen molar-refractivity contribution < 1.29 is 8.81 Å². The molecule has 1 heterocycles. The highest BCUT2D eigenvalue weighted by Crippen LogP contribution is 2.32. The molecule has 0 amide bonds. The van der Waals surface area contributed by atoms with Gasteiger partial charge in [0.2, 0.25) is 0 Å². The van der Waals surface area contributed by atoms with Crippen molar-refractivity contribution >= 4 is 22.6 Å². The van der Waals surface area contributed by atoms with E-state index in [1.165, 1.54) is 6.07 Å². The summed E-state index contributed by atoms with van der Waals surface area (Å²) in [6.07, 6.45) is 0. The van der Waals surface area contributed by atoms with Crippen LogP contribution in [-0.4, -0.2) is 7.05 Å². The second-order valence-corrected chi connectivity index (χ2v) is 5.44. The minimum absolute atomic E-state index is 0.146. The Morgan fingerprint density at radius 1 is 1.19 bits per heavy atom. The molecular formula is C17H15ClFNO. The van der Waals surface area contributed by atoms with Crippen LogP contribution >= 0.6 is 11.6 Å². The number of rotatable bonds is 3. The van der Waals surface area contributed by atoms with Gasteiger partial charge in [-0.15, -0.1) is 0 Å². The van der Waals surface area contributed by atoms with Crippen LogP contribution in [0.3, 0.4) is 0 Å². The predicted octanol–water partition coefficient (Wildman–Crippen LogP) is 4.84.